The van der Waals surface area contributed by atoms with Gasteiger partial charge in [-0.3, -0.25) is 9.78 Å². The first kappa shape index (κ1) is 13.7. The highest BCUT2D eigenvalue weighted by atomic mass is 19.1. The quantitative estimate of drug-likeness (QED) is 0.864. The van der Waals surface area contributed by atoms with Crippen LogP contribution in [0.4, 0.5) is 4.39 Å². The van der Waals surface area contributed by atoms with E-state index in [0.29, 0.717) is 5.69 Å². The Hall–Kier alpha value is -2.23. The molecule has 21 heavy (non-hydrogen) atoms. The fourth-order valence-electron chi connectivity index (χ4n) is 2.27. The van der Waals surface area contributed by atoms with Crippen LogP contribution in [0, 0.1) is 5.82 Å². The van der Waals surface area contributed by atoms with Gasteiger partial charge < -0.3 is 4.90 Å². The molecule has 1 aliphatic rings. The van der Waals surface area contributed by atoms with Crippen LogP contribution >= 0.6 is 0 Å². The Morgan fingerprint density at radius 3 is 2.29 bits per heavy atom. The summed E-state index contributed by atoms with van der Waals surface area (Å²) in [5.41, 5.74) is 2.18. The highest BCUT2D eigenvalue weighted by Crippen LogP contribution is 2.40. The average molecular weight is 284 g/mol. The second-order valence-corrected chi connectivity index (χ2v) is 5.80. The number of hydrogen-bond donors (Lipinski definition) is 0. The predicted molar refractivity (Wildman–Crippen MR) is 79.4 cm³/mol. The van der Waals surface area contributed by atoms with E-state index in [1.807, 2.05) is 13.1 Å². The first-order chi connectivity index (χ1) is 9.99. The molecule has 0 saturated heterocycles. The van der Waals surface area contributed by atoms with Crippen molar-refractivity contribution in [1.82, 2.24) is 9.88 Å². The molecule has 1 aromatic carbocycles. The molecule has 0 aliphatic heterocycles. The van der Waals surface area contributed by atoms with Crippen molar-refractivity contribution in [3.8, 4) is 11.1 Å². The predicted octanol–water partition coefficient (Wildman–Crippen LogP) is 3.51. The summed E-state index contributed by atoms with van der Waals surface area (Å²) < 4.78 is 12.9. The summed E-state index contributed by atoms with van der Waals surface area (Å²) in [5, 5.41) is 0. The molecule has 0 unspecified atom stereocenters. The maximum atomic E-state index is 12.9. The van der Waals surface area contributed by atoms with E-state index < -0.39 is 0 Å². The third-order valence-corrected chi connectivity index (χ3v) is 4.25. The Morgan fingerprint density at radius 1 is 1.14 bits per heavy atom. The molecule has 1 aliphatic carbocycles. The average Bonchev–Trinajstić information content (AvgIpc) is 3.26. The summed E-state index contributed by atoms with van der Waals surface area (Å²) >= 11 is 0. The van der Waals surface area contributed by atoms with Crippen LogP contribution in [0.5, 0.6) is 0 Å². The first-order valence-corrected chi connectivity index (χ1v) is 7.00. The summed E-state index contributed by atoms with van der Waals surface area (Å²) in [4.78, 5) is 18.4. The number of amides is 1. The van der Waals surface area contributed by atoms with E-state index in [2.05, 4.69) is 11.9 Å². The van der Waals surface area contributed by atoms with Crippen molar-refractivity contribution in [3.05, 3.63) is 54.1 Å². The van der Waals surface area contributed by atoms with Gasteiger partial charge in [0, 0.05) is 24.3 Å². The number of rotatable bonds is 3. The Morgan fingerprint density at radius 2 is 1.76 bits per heavy atom. The molecule has 1 aromatic heterocycles. The minimum atomic E-state index is -0.266. The molecule has 0 bridgehead atoms. The number of halogens is 1. The normalized spacial score (nSPS) is 15.6. The summed E-state index contributed by atoms with van der Waals surface area (Å²) in [6.45, 7) is 2.08. The zero-order valence-corrected chi connectivity index (χ0v) is 12.1. The first-order valence-electron chi connectivity index (χ1n) is 7.00. The highest BCUT2D eigenvalue weighted by Gasteiger charge is 2.44. The van der Waals surface area contributed by atoms with Crippen molar-refractivity contribution >= 4 is 5.91 Å². The third-order valence-electron chi connectivity index (χ3n) is 4.25. The number of aromatic nitrogens is 1. The van der Waals surface area contributed by atoms with E-state index >= 15 is 0 Å². The third kappa shape index (κ3) is 2.66. The number of hydrogen-bond acceptors (Lipinski definition) is 2. The van der Waals surface area contributed by atoms with Gasteiger partial charge in [0.25, 0.3) is 5.91 Å². The Labute approximate surface area is 123 Å². The molecule has 1 heterocycles. The Balaban J connectivity index is 1.80. The molecule has 0 N–H and O–H groups in total. The van der Waals surface area contributed by atoms with Gasteiger partial charge in [0.05, 0.1) is 0 Å². The van der Waals surface area contributed by atoms with E-state index in [-0.39, 0.29) is 17.3 Å². The standard InChI is InChI=1S/C17H17FN2O/c1-17(9-10-17)20(2)16(21)15-8-5-13(11-19-15)12-3-6-14(18)7-4-12/h3-8,11H,9-10H2,1-2H3. The topological polar surface area (TPSA) is 33.2 Å². The van der Waals surface area contributed by atoms with Crippen molar-refractivity contribution in [1.29, 1.82) is 0 Å². The number of pyridine rings is 1. The molecule has 2 aromatic rings. The minimum absolute atomic E-state index is 0.00556. The van der Waals surface area contributed by atoms with Crippen molar-refractivity contribution < 1.29 is 9.18 Å². The molecule has 3 rings (SSSR count). The number of carbonyl (C=O) groups is 1. The van der Waals surface area contributed by atoms with Crippen LogP contribution in [0.15, 0.2) is 42.6 Å². The van der Waals surface area contributed by atoms with E-state index in [0.717, 1.165) is 24.0 Å². The van der Waals surface area contributed by atoms with Crippen LogP contribution < -0.4 is 0 Å². The molecular formula is C17H17FN2O. The summed E-state index contributed by atoms with van der Waals surface area (Å²) in [6.07, 6.45) is 3.75. The van der Waals surface area contributed by atoms with E-state index in [1.165, 1.54) is 12.1 Å². The van der Waals surface area contributed by atoms with Gasteiger partial charge in [-0.25, -0.2) is 4.39 Å². The van der Waals surface area contributed by atoms with Gasteiger partial charge in [-0.2, -0.15) is 0 Å². The lowest BCUT2D eigenvalue weighted by atomic mass is 10.1. The minimum Gasteiger partial charge on any atom is -0.335 e. The van der Waals surface area contributed by atoms with Crippen molar-refractivity contribution in [3.63, 3.8) is 0 Å². The lowest BCUT2D eigenvalue weighted by molar-refractivity contribution is 0.0718. The summed E-state index contributed by atoms with van der Waals surface area (Å²) in [5.74, 6) is -0.321. The van der Waals surface area contributed by atoms with Crippen molar-refractivity contribution in [2.24, 2.45) is 0 Å². The number of nitrogens with zero attached hydrogens (tertiary/aromatic N) is 2. The zero-order chi connectivity index (χ0) is 15.0. The molecule has 4 heteroatoms. The number of carbonyl (C=O) groups excluding carboxylic acids is 1. The molecule has 1 saturated carbocycles. The molecule has 0 radical (unpaired) electrons. The molecule has 1 amide bonds. The fourth-order valence-corrected chi connectivity index (χ4v) is 2.27. The Kier molecular flexibility index (Phi) is 3.24. The van der Waals surface area contributed by atoms with Gasteiger partial charge in [-0.1, -0.05) is 18.2 Å². The molecular weight excluding hydrogens is 267 g/mol. The van der Waals surface area contributed by atoms with Crippen molar-refractivity contribution in [2.75, 3.05) is 7.05 Å². The molecule has 0 spiro atoms. The van der Waals surface area contributed by atoms with Gasteiger partial charge in [0.2, 0.25) is 0 Å². The largest absolute Gasteiger partial charge is 0.335 e. The van der Waals surface area contributed by atoms with Gasteiger partial charge in [-0.05, 0) is 43.5 Å². The summed E-state index contributed by atoms with van der Waals surface area (Å²) in [6, 6.07) is 9.79. The fraction of sp³-hybridized carbons (Fsp3) is 0.294. The van der Waals surface area contributed by atoms with Crippen LogP contribution in [-0.2, 0) is 0 Å². The van der Waals surface area contributed by atoms with E-state index in [4.69, 9.17) is 0 Å². The van der Waals surface area contributed by atoms with Crippen LogP contribution in [0.25, 0.3) is 11.1 Å². The van der Waals surface area contributed by atoms with Crippen molar-refractivity contribution in [2.45, 2.75) is 25.3 Å². The zero-order valence-electron chi connectivity index (χ0n) is 12.1. The van der Waals surface area contributed by atoms with E-state index in [1.54, 1.807) is 29.3 Å². The summed E-state index contributed by atoms with van der Waals surface area (Å²) in [7, 11) is 1.82. The monoisotopic (exact) mass is 284 g/mol. The molecule has 3 nitrogen and oxygen atoms in total. The smallest absolute Gasteiger partial charge is 0.272 e. The lowest BCUT2D eigenvalue weighted by Gasteiger charge is -2.24. The number of benzene rings is 1. The van der Waals surface area contributed by atoms with Gasteiger partial charge in [0.15, 0.2) is 0 Å². The highest BCUT2D eigenvalue weighted by molar-refractivity contribution is 5.93. The van der Waals surface area contributed by atoms with Gasteiger partial charge >= 0.3 is 0 Å². The maximum absolute atomic E-state index is 12.9. The maximum Gasteiger partial charge on any atom is 0.272 e. The SMILES string of the molecule is CN(C(=O)c1ccc(-c2ccc(F)cc2)cn1)C1(C)CC1. The van der Waals surface area contributed by atoms with Gasteiger partial charge in [0.1, 0.15) is 11.5 Å². The van der Waals surface area contributed by atoms with Crippen LogP contribution in [0.2, 0.25) is 0 Å². The Bertz CT molecular complexity index is 660. The second kappa shape index (κ2) is 4.95. The molecule has 108 valence electrons. The van der Waals surface area contributed by atoms with Gasteiger partial charge in [-0.15, -0.1) is 0 Å². The lowest BCUT2D eigenvalue weighted by Crippen LogP contribution is -2.37. The van der Waals surface area contributed by atoms with Crippen LogP contribution in [-0.4, -0.2) is 28.4 Å². The van der Waals surface area contributed by atoms with E-state index in [9.17, 15) is 9.18 Å². The molecule has 0 atom stereocenters. The second-order valence-electron chi connectivity index (χ2n) is 5.80. The van der Waals surface area contributed by atoms with Crippen LogP contribution in [0.3, 0.4) is 0 Å². The molecule has 1 fully saturated rings. The van der Waals surface area contributed by atoms with Crippen LogP contribution in [0.1, 0.15) is 30.3 Å².